The van der Waals surface area contributed by atoms with Crippen LogP contribution >= 0.6 is 12.4 Å². The van der Waals surface area contributed by atoms with E-state index >= 15 is 0 Å². The average Bonchev–Trinajstić information content (AvgIpc) is 3.20. The van der Waals surface area contributed by atoms with Crippen LogP contribution in [0.15, 0.2) is 60.7 Å². The summed E-state index contributed by atoms with van der Waals surface area (Å²) >= 11 is 0. The molecule has 0 spiro atoms. The van der Waals surface area contributed by atoms with Crippen LogP contribution < -0.4 is 5.32 Å². The zero-order chi connectivity index (χ0) is 17.5. The van der Waals surface area contributed by atoms with Crippen LogP contribution in [0.5, 0.6) is 0 Å². The van der Waals surface area contributed by atoms with Gasteiger partial charge in [-0.3, -0.25) is 4.79 Å². The molecule has 0 aliphatic carbocycles. The molecular weight excluding hydrogens is 344 g/mol. The summed E-state index contributed by atoms with van der Waals surface area (Å²) in [5.74, 6) is 0.0753. The van der Waals surface area contributed by atoms with E-state index in [1.165, 1.54) is 25.9 Å². The van der Waals surface area contributed by atoms with E-state index in [1.54, 1.807) is 7.05 Å². The van der Waals surface area contributed by atoms with Gasteiger partial charge in [-0.15, -0.1) is 12.4 Å². The van der Waals surface area contributed by atoms with E-state index in [1.807, 2.05) is 36.4 Å². The van der Waals surface area contributed by atoms with E-state index in [2.05, 4.69) is 34.5 Å². The van der Waals surface area contributed by atoms with Crippen molar-refractivity contribution in [1.82, 2.24) is 10.2 Å². The molecule has 0 unspecified atom stereocenters. The molecule has 4 heteroatoms. The maximum Gasteiger partial charge on any atom is 0.234 e. The van der Waals surface area contributed by atoms with Gasteiger partial charge in [-0.05, 0) is 56.4 Å². The van der Waals surface area contributed by atoms with Crippen molar-refractivity contribution in [3.05, 3.63) is 71.8 Å². The third-order valence-corrected chi connectivity index (χ3v) is 5.37. The predicted octanol–water partition coefficient (Wildman–Crippen LogP) is 4.02. The summed E-state index contributed by atoms with van der Waals surface area (Å²) in [6.07, 6.45) is 4.43. The van der Waals surface area contributed by atoms with Gasteiger partial charge in [0.2, 0.25) is 5.91 Å². The first-order valence-corrected chi connectivity index (χ1v) is 9.33. The number of halogens is 1. The van der Waals surface area contributed by atoms with E-state index in [0.29, 0.717) is 0 Å². The lowest BCUT2D eigenvalue weighted by Gasteiger charge is -2.34. The van der Waals surface area contributed by atoms with Crippen LogP contribution in [0.4, 0.5) is 0 Å². The number of hydrogen-bond acceptors (Lipinski definition) is 2. The second kappa shape index (κ2) is 9.75. The molecule has 1 heterocycles. The fourth-order valence-corrected chi connectivity index (χ4v) is 4.06. The first-order valence-electron chi connectivity index (χ1n) is 9.33. The molecule has 0 radical (unpaired) electrons. The van der Waals surface area contributed by atoms with Crippen LogP contribution in [0.25, 0.3) is 0 Å². The number of carbonyl (C=O) groups excluding carboxylic acids is 1. The highest BCUT2D eigenvalue weighted by atomic mass is 35.5. The summed E-state index contributed by atoms with van der Waals surface area (Å²) in [7, 11) is 1.74. The van der Waals surface area contributed by atoms with Gasteiger partial charge in [0, 0.05) is 7.05 Å². The minimum Gasteiger partial charge on any atom is -0.358 e. The Balaban J connectivity index is 0.00000243. The van der Waals surface area contributed by atoms with Crippen molar-refractivity contribution < 1.29 is 4.79 Å². The Bertz CT molecular complexity index is 630. The van der Waals surface area contributed by atoms with Crippen LogP contribution in [0, 0.1) is 0 Å². The average molecular weight is 373 g/mol. The largest absolute Gasteiger partial charge is 0.358 e. The van der Waals surface area contributed by atoms with Crippen molar-refractivity contribution in [2.24, 2.45) is 0 Å². The number of nitrogens with zero attached hydrogens (tertiary/aromatic N) is 1. The molecule has 1 aliphatic heterocycles. The van der Waals surface area contributed by atoms with E-state index < -0.39 is 5.41 Å². The van der Waals surface area contributed by atoms with Gasteiger partial charge >= 0.3 is 0 Å². The smallest absolute Gasteiger partial charge is 0.234 e. The Morgan fingerprint density at radius 1 is 0.962 bits per heavy atom. The van der Waals surface area contributed by atoms with Crippen LogP contribution in [0.3, 0.4) is 0 Å². The molecule has 2 aromatic rings. The normalized spacial score (nSPS) is 14.7. The molecule has 3 rings (SSSR count). The minimum atomic E-state index is -0.628. The number of rotatable bonds is 7. The highest BCUT2D eigenvalue weighted by molar-refractivity contribution is 5.92. The minimum absolute atomic E-state index is 0. The quantitative estimate of drug-likeness (QED) is 0.796. The van der Waals surface area contributed by atoms with Crippen molar-refractivity contribution in [2.45, 2.75) is 31.1 Å². The number of carbonyl (C=O) groups is 1. The van der Waals surface area contributed by atoms with Crippen molar-refractivity contribution in [3.8, 4) is 0 Å². The molecule has 0 atom stereocenters. The van der Waals surface area contributed by atoms with Crippen LogP contribution in [0.2, 0.25) is 0 Å². The Hall–Kier alpha value is -1.84. The van der Waals surface area contributed by atoms with Gasteiger partial charge in [-0.1, -0.05) is 60.7 Å². The lowest BCUT2D eigenvalue weighted by molar-refractivity contribution is -0.125. The summed E-state index contributed by atoms with van der Waals surface area (Å²) in [5, 5.41) is 2.93. The molecule has 0 aromatic heterocycles. The molecule has 140 valence electrons. The summed E-state index contributed by atoms with van der Waals surface area (Å²) in [6.45, 7) is 3.46. The maximum absolute atomic E-state index is 13.1. The molecule has 1 amide bonds. The number of hydrogen-bond donors (Lipinski definition) is 1. The lowest BCUT2D eigenvalue weighted by Crippen LogP contribution is -2.44. The van der Waals surface area contributed by atoms with E-state index in [-0.39, 0.29) is 18.3 Å². The summed E-state index contributed by atoms with van der Waals surface area (Å²) in [4.78, 5) is 15.7. The molecule has 0 saturated carbocycles. The second-order valence-electron chi connectivity index (χ2n) is 6.87. The molecule has 1 N–H and O–H groups in total. The zero-order valence-corrected chi connectivity index (χ0v) is 16.3. The van der Waals surface area contributed by atoms with Crippen LogP contribution in [-0.2, 0) is 10.2 Å². The maximum atomic E-state index is 13.1. The van der Waals surface area contributed by atoms with Gasteiger partial charge in [0.05, 0.1) is 5.41 Å². The first kappa shape index (κ1) is 20.5. The van der Waals surface area contributed by atoms with Gasteiger partial charge in [0.15, 0.2) is 0 Å². The monoisotopic (exact) mass is 372 g/mol. The summed E-state index contributed by atoms with van der Waals surface area (Å²) < 4.78 is 0. The fourth-order valence-electron chi connectivity index (χ4n) is 4.06. The van der Waals surface area contributed by atoms with E-state index in [4.69, 9.17) is 0 Å². The molecular formula is C22H29ClN2O. The van der Waals surface area contributed by atoms with Crippen LogP contribution in [0.1, 0.15) is 36.8 Å². The standard InChI is InChI=1S/C22H28N2O.ClH/c1-23-21(25)22(19-11-4-2-5-12-19,20-13-6-3-7-14-20)15-10-18-24-16-8-9-17-24;/h2-7,11-14H,8-10,15-18H2,1H3,(H,23,25);1H. The van der Waals surface area contributed by atoms with Gasteiger partial charge in [0.1, 0.15) is 0 Å². The number of nitrogens with one attached hydrogen (secondary N) is 1. The SMILES string of the molecule is CNC(=O)C(CCCN1CCCC1)(c1ccccc1)c1ccccc1.Cl. The molecule has 26 heavy (non-hydrogen) atoms. The van der Waals surface area contributed by atoms with Crippen molar-refractivity contribution in [2.75, 3.05) is 26.7 Å². The van der Waals surface area contributed by atoms with E-state index in [9.17, 15) is 4.79 Å². The number of benzene rings is 2. The highest BCUT2D eigenvalue weighted by Gasteiger charge is 2.40. The predicted molar refractivity (Wildman–Crippen MR) is 110 cm³/mol. The molecule has 1 saturated heterocycles. The number of amides is 1. The third-order valence-electron chi connectivity index (χ3n) is 5.37. The molecule has 1 fully saturated rings. The molecule has 2 aromatic carbocycles. The van der Waals surface area contributed by atoms with Crippen molar-refractivity contribution in [1.29, 1.82) is 0 Å². The molecule has 1 aliphatic rings. The van der Waals surface area contributed by atoms with Gasteiger partial charge in [-0.25, -0.2) is 0 Å². The fraction of sp³-hybridized carbons (Fsp3) is 0.409. The summed E-state index contributed by atoms with van der Waals surface area (Å²) in [6, 6.07) is 20.4. The Morgan fingerprint density at radius 2 is 1.46 bits per heavy atom. The van der Waals surface area contributed by atoms with E-state index in [0.717, 1.165) is 30.5 Å². The molecule has 0 bridgehead atoms. The second-order valence-corrected chi connectivity index (χ2v) is 6.87. The lowest BCUT2D eigenvalue weighted by atomic mass is 9.70. The number of likely N-dealkylation sites (N-methyl/N-ethyl adjacent to an activating group) is 1. The van der Waals surface area contributed by atoms with Crippen LogP contribution in [-0.4, -0.2) is 37.5 Å². The highest BCUT2D eigenvalue weighted by Crippen LogP contribution is 2.37. The van der Waals surface area contributed by atoms with Crippen molar-refractivity contribution in [3.63, 3.8) is 0 Å². The Labute approximate surface area is 163 Å². The molecule has 3 nitrogen and oxygen atoms in total. The Morgan fingerprint density at radius 3 is 1.92 bits per heavy atom. The first-order chi connectivity index (χ1) is 12.3. The van der Waals surface area contributed by atoms with Gasteiger partial charge < -0.3 is 10.2 Å². The topological polar surface area (TPSA) is 32.3 Å². The van der Waals surface area contributed by atoms with Crippen molar-refractivity contribution >= 4 is 18.3 Å². The van der Waals surface area contributed by atoms with Gasteiger partial charge in [-0.2, -0.15) is 0 Å². The zero-order valence-electron chi connectivity index (χ0n) is 15.5. The number of likely N-dealkylation sites (tertiary alicyclic amines) is 1. The third kappa shape index (κ3) is 4.28. The Kier molecular flexibility index (Phi) is 7.67. The summed E-state index contributed by atoms with van der Waals surface area (Å²) in [5.41, 5.74) is 1.51. The van der Waals surface area contributed by atoms with Gasteiger partial charge in [0.25, 0.3) is 0 Å².